The van der Waals surface area contributed by atoms with Crippen LogP contribution in [0.1, 0.15) is 10.4 Å². The molecule has 1 saturated heterocycles. The summed E-state index contributed by atoms with van der Waals surface area (Å²) in [7, 11) is 0. The number of rotatable bonds is 4. The Kier molecular flexibility index (Phi) is 4.02. The van der Waals surface area contributed by atoms with Crippen LogP contribution >= 0.6 is 0 Å². The van der Waals surface area contributed by atoms with Crippen molar-refractivity contribution in [3.8, 4) is 11.6 Å². The molecule has 144 valence electrons. The lowest BCUT2D eigenvalue weighted by Crippen LogP contribution is -2.27. The van der Waals surface area contributed by atoms with Gasteiger partial charge in [-0.15, -0.1) is 0 Å². The first-order chi connectivity index (χ1) is 14.2. The minimum Gasteiger partial charge on any atom is -0.461 e. The largest absolute Gasteiger partial charge is 0.461 e. The number of anilines is 2. The summed E-state index contributed by atoms with van der Waals surface area (Å²) in [5, 5.41) is 5.65. The molecule has 29 heavy (non-hydrogen) atoms. The third kappa shape index (κ3) is 3.20. The van der Waals surface area contributed by atoms with Crippen molar-refractivity contribution in [3.63, 3.8) is 0 Å². The molecule has 0 aliphatic carbocycles. The summed E-state index contributed by atoms with van der Waals surface area (Å²) in [6, 6.07) is 15.9. The maximum Gasteiger partial charge on any atom is 0.321 e. The number of benzene rings is 2. The van der Waals surface area contributed by atoms with Crippen LogP contribution in [0.15, 0.2) is 65.3 Å². The quantitative estimate of drug-likeness (QED) is 0.498. The minimum absolute atomic E-state index is 0.153. The van der Waals surface area contributed by atoms with Gasteiger partial charge in [0.1, 0.15) is 0 Å². The average molecular weight is 387 g/mol. The number of carbonyl (C=O) groups is 2. The van der Waals surface area contributed by atoms with Gasteiger partial charge in [-0.2, -0.15) is 0 Å². The number of nitrogens with one attached hydrogen (secondary N) is 3. The van der Waals surface area contributed by atoms with Crippen molar-refractivity contribution in [2.45, 2.75) is 0 Å². The second-order valence-corrected chi connectivity index (χ2v) is 6.68. The topological polar surface area (TPSA) is 103 Å². The maximum absolute atomic E-state index is 12.7. The van der Waals surface area contributed by atoms with Crippen molar-refractivity contribution in [2.24, 2.45) is 0 Å². The highest BCUT2D eigenvalue weighted by molar-refractivity contribution is 6.06. The first-order valence-electron chi connectivity index (χ1n) is 9.18. The van der Waals surface area contributed by atoms with Gasteiger partial charge in [0.15, 0.2) is 11.6 Å². The summed E-state index contributed by atoms with van der Waals surface area (Å²) in [6.07, 6.45) is 1.59. The highest BCUT2D eigenvalue weighted by Gasteiger charge is 2.21. The van der Waals surface area contributed by atoms with E-state index in [2.05, 4.69) is 20.6 Å². The fourth-order valence-electron chi connectivity index (χ4n) is 3.35. The summed E-state index contributed by atoms with van der Waals surface area (Å²) in [4.78, 5) is 33.9. The Labute approximate surface area is 165 Å². The van der Waals surface area contributed by atoms with Gasteiger partial charge in [0.2, 0.25) is 0 Å². The summed E-state index contributed by atoms with van der Waals surface area (Å²) in [5.41, 5.74) is 3.37. The number of urea groups is 1. The number of aromatic amines is 1. The molecule has 0 atom stereocenters. The molecular weight excluding hydrogens is 370 g/mol. The van der Waals surface area contributed by atoms with Crippen molar-refractivity contribution < 1.29 is 14.0 Å². The van der Waals surface area contributed by atoms with Gasteiger partial charge in [0.25, 0.3) is 5.91 Å². The molecule has 1 aliphatic rings. The van der Waals surface area contributed by atoms with Gasteiger partial charge in [-0.05, 0) is 48.5 Å². The summed E-state index contributed by atoms with van der Waals surface area (Å²) < 4.78 is 5.37. The fraction of sp³-hybridized carbons (Fsp3) is 0.0952. The van der Waals surface area contributed by atoms with Crippen LogP contribution < -0.4 is 15.5 Å². The smallest absolute Gasteiger partial charge is 0.321 e. The van der Waals surface area contributed by atoms with Crippen LogP contribution in [0.2, 0.25) is 0 Å². The molecule has 0 spiro atoms. The second kappa shape index (κ2) is 6.83. The number of aromatic nitrogens is 2. The monoisotopic (exact) mass is 387 g/mol. The van der Waals surface area contributed by atoms with Crippen molar-refractivity contribution in [2.75, 3.05) is 23.3 Å². The average Bonchev–Trinajstić information content (AvgIpc) is 3.48. The number of nitrogens with zero attached hydrogens (tertiary/aromatic N) is 2. The molecule has 0 unspecified atom stereocenters. The van der Waals surface area contributed by atoms with E-state index in [0.29, 0.717) is 41.6 Å². The van der Waals surface area contributed by atoms with E-state index in [1.165, 1.54) is 0 Å². The summed E-state index contributed by atoms with van der Waals surface area (Å²) in [5.74, 6) is 1.02. The number of carbonyl (C=O) groups excluding carboxylic acids is 2. The molecule has 3 heterocycles. The van der Waals surface area contributed by atoms with Gasteiger partial charge in [-0.25, -0.2) is 9.78 Å². The van der Waals surface area contributed by atoms with Crippen molar-refractivity contribution in [1.29, 1.82) is 0 Å². The lowest BCUT2D eigenvalue weighted by molar-refractivity contribution is 0.102. The Bertz CT molecular complexity index is 1210. The van der Waals surface area contributed by atoms with Crippen LogP contribution in [0.3, 0.4) is 0 Å². The van der Waals surface area contributed by atoms with Gasteiger partial charge >= 0.3 is 6.03 Å². The SMILES string of the molecule is O=C(Nc1ccc2nc(-c3ccco3)[nH]c2c1)c1cccc(N2CCNC2=O)c1. The van der Waals surface area contributed by atoms with E-state index in [1.807, 2.05) is 24.3 Å². The molecule has 0 bridgehead atoms. The summed E-state index contributed by atoms with van der Waals surface area (Å²) in [6.45, 7) is 1.18. The third-order valence-corrected chi connectivity index (χ3v) is 4.77. The van der Waals surface area contributed by atoms with E-state index in [1.54, 1.807) is 41.5 Å². The fourth-order valence-corrected chi connectivity index (χ4v) is 3.35. The number of amides is 3. The normalized spacial score (nSPS) is 13.7. The summed E-state index contributed by atoms with van der Waals surface area (Å²) >= 11 is 0. The third-order valence-electron chi connectivity index (χ3n) is 4.77. The Morgan fingerprint density at radius 3 is 2.86 bits per heavy atom. The molecule has 3 N–H and O–H groups in total. The molecule has 2 aromatic carbocycles. The van der Waals surface area contributed by atoms with E-state index in [-0.39, 0.29) is 11.9 Å². The molecule has 0 radical (unpaired) electrons. The van der Waals surface area contributed by atoms with Gasteiger partial charge in [-0.3, -0.25) is 9.69 Å². The number of H-pyrrole nitrogens is 1. The van der Waals surface area contributed by atoms with Crippen LogP contribution in [0.4, 0.5) is 16.2 Å². The van der Waals surface area contributed by atoms with Crippen molar-refractivity contribution in [1.82, 2.24) is 15.3 Å². The Morgan fingerprint density at radius 2 is 2.07 bits per heavy atom. The van der Waals surface area contributed by atoms with E-state index < -0.39 is 0 Å². The highest BCUT2D eigenvalue weighted by atomic mass is 16.3. The maximum atomic E-state index is 12.7. The molecule has 1 fully saturated rings. The van der Waals surface area contributed by atoms with Crippen LogP contribution in [0.25, 0.3) is 22.6 Å². The Morgan fingerprint density at radius 1 is 1.14 bits per heavy atom. The molecule has 5 rings (SSSR count). The number of furan rings is 1. The van der Waals surface area contributed by atoms with E-state index in [9.17, 15) is 9.59 Å². The molecule has 1 aliphatic heterocycles. The molecule has 0 saturated carbocycles. The minimum atomic E-state index is -0.253. The highest BCUT2D eigenvalue weighted by Crippen LogP contribution is 2.24. The standard InChI is InChI=1S/C21H17N5O3/c27-20(13-3-1-4-15(11-13)26-9-8-22-21(26)28)23-14-6-7-16-17(12-14)25-19(24-16)18-5-2-10-29-18/h1-7,10-12H,8-9H2,(H,22,28)(H,23,27)(H,24,25). The number of hydrogen-bond acceptors (Lipinski definition) is 4. The van der Waals surface area contributed by atoms with Gasteiger partial charge in [0, 0.05) is 30.0 Å². The second-order valence-electron chi connectivity index (χ2n) is 6.68. The predicted molar refractivity (Wildman–Crippen MR) is 109 cm³/mol. The Hall–Kier alpha value is -4.07. The lowest BCUT2D eigenvalue weighted by Gasteiger charge is -2.15. The van der Waals surface area contributed by atoms with Crippen LogP contribution in [0.5, 0.6) is 0 Å². The van der Waals surface area contributed by atoms with Crippen LogP contribution in [-0.4, -0.2) is 35.0 Å². The van der Waals surface area contributed by atoms with Crippen LogP contribution in [-0.2, 0) is 0 Å². The molecule has 8 heteroatoms. The van der Waals surface area contributed by atoms with Gasteiger partial charge < -0.3 is 20.0 Å². The van der Waals surface area contributed by atoms with E-state index >= 15 is 0 Å². The lowest BCUT2D eigenvalue weighted by atomic mass is 10.1. The molecular formula is C21H17N5O3. The zero-order valence-corrected chi connectivity index (χ0v) is 15.3. The van der Waals surface area contributed by atoms with E-state index in [4.69, 9.17) is 4.42 Å². The van der Waals surface area contributed by atoms with Crippen LogP contribution in [0, 0.1) is 0 Å². The van der Waals surface area contributed by atoms with Crippen molar-refractivity contribution >= 4 is 34.3 Å². The van der Waals surface area contributed by atoms with Gasteiger partial charge in [-0.1, -0.05) is 6.07 Å². The molecule has 4 aromatic rings. The zero-order chi connectivity index (χ0) is 19.8. The van der Waals surface area contributed by atoms with E-state index in [0.717, 1.165) is 11.0 Å². The van der Waals surface area contributed by atoms with Crippen molar-refractivity contribution in [3.05, 3.63) is 66.4 Å². The first-order valence-corrected chi connectivity index (χ1v) is 9.18. The number of hydrogen-bond donors (Lipinski definition) is 3. The van der Waals surface area contributed by atoms with Gasteiger partial charge in [0.05, 0.1) is 17.3 Å². The molecule has 3 amide bonds. The Balaban J connectivity index is 1.38. The molecule has 2 aromatic heterocycles. The first kappa shape index (κ1) is 17.1. The molecule has 8 nitrogen and oxygen atoms in total. The number of fused-ring (bicyclic) bond motifs is 1. The zero-order valence-electron chi connectivity index (χ0n) is 15.3. The predicted octanol–water partition coefficient (Wildman–Crippen LogP) is 3.60. The number of imidazole rings is 1.